The Morgan fingerprint density at radius 3 is 2.86 bits per heavy atom. The number of thiophene rings is 1. The summed E-state index contributed by atoms with van der Waals surface area (Å²) in [6, 6.07) is 5.07. The zero-order valence-corrected chi connectivity index (χ0v) is 16.5. The average molecular weight is 400 g/mol. The summed E-state index contributed by atoms with van der Waals surface area (Å²) in [5.41, 5.74) is 1.31. The summed E-state index contributed by atoms with van der Waals surface area (Å²) in [5, 5.41) is 11.5. The molecule has 0 fully saturated rings. The number of rotatable bonds is 5. The van der Waals surface area contributed by atoms with Gasteiger partial charge in [-0.1, -0.05) is 5.21 Å². The van der Waals surface area contributed by atoms with Crippen molar-refractivity contribution in [2.45, 2.75) is 32.2 Å². The average Bonchev–Trinajstić information content (AvgIpc) is 3.09. The number of anilines is 1. The highest BCUT2D eigenvalue weighted by atomic mass is 32.1. The van der Waals surface area contributed by atoms with Crippen molar-refractivity contribution in [2.24, 2.45) is 0 Å². The maximum absolute atomic E-state index is 12.9. The Labute approximate surface area is 165 Å². The van der Waals surface area contributed by atoms with Crippen LogP contribution >= 0.6 is 11.3 Å². The second-order valence-corrected chi connectivity index (χ2v) is 7.64. The fourth-order valence-electron chi connectivity index (χ4n) is 3.44. The molecule has 0 bridgehead atoms. The lowest BCUT2D eigenvalue weighted by Crippen LogP contribution is -2.30. The molecule has 2 aromatic heterocycles. The summed E-state index contributed by atoms with van der Waals surface area (Å²) in [6.45, 7) is -0.221. The Morgan fingerprint density at radius 1 is 1.25 bits per heavy atom. The summed E-state index contributed by atoms with van der Waals surface area (Å²) < 4.78 is 11.6. The molecular formula is C19H20N4O4S. The van der Waals surface area contributed by atoms with Crippen molar-refractivity contribution in [3.05, 3.63) is 39.0 Å². The second kappa shape index (κ2) is 7.59. The first kappa shape index (κ1) is 18.4. The number of fused-ring (bicyclic) bond motifs is 3. The van der Waals surface area contributed by atoms with Crippen LogP contribution in [0.5, 0.6) is 11.5 Å². The highest BCUT2D eigenvalue weighted by Gasteiger charge is 2.21. The van der Waals surface area contributed by atoms with Gasteiger partial charge in [0.15, 0.2) is 4.83 Å². The van der Waals surface area contributed by atoms with Gasteiger partial charge in [0.25, 0.3) is 5.56 Å². The highest BCUT2D eigenvalue weighted by Crippen LogP contribution is 2.33. The third-order valence-corrected chi connectivity index (χ3v) is 6.00. The first-order valence-electron chi connectivity index (χ1n) is 9.00. The van der Waals surface area contributed by atoms with E-state index in [1.165, 1.54) is 23.3 Å². The van der Waals surface area contributed by atoms with Crippen LogP contribution in [0.3, 0.4) is 0 Å². The smallest absolute Gasteiger partial charge is 0.279 e. The van der Waals surface area contributed by atoms with Crippen LogP contribution in [0.15, 0.2) is 23.0 Å². The summed E-state index contributed by atoms with van der Waals surface area (Å²) in [4.78, 5) is 27.3. The molecule has 0 atom stereocenters. The van der Waals surface area contributed by atoms with Crippen LogP contribution < -0.4 is 20.3 Å². The number of nitrogens with zero attached hydrogens (tertiary/aromatic N) is 3. The lowest BCUT2D eigenvalue weighted by Gasteiger charge is -2.12. The number of nitrogens with one attached hydrogen (secondary N) is 1. The van der Waals surface area contributed by atoms with E-state index in [0.29, 0.717) is 27.4 Å². The van der Waals surface area contributed by atoms with Crippen LogP contribution in [0, 0.1) is 0 Å². The Bertz CT molecular complexity index is 1110. The van der Waals surface area contributed by atoms with Gasteiger partial charge >= 0.3 is 0 Å². The molecule has 1 N–H and O–H groups in total. The minimum Gasteiger partial charge on any atom is -0.497 e. The van der Waals surface area contributed by atoms with E-state index < -0.39 is 0 Å². The number of amides is 1. The van der Waals surface area contributed by atoms with E-state index in [4.69, 9.17) is 9.47 Å². The Morgan fingerprint density at radius 2 is 2.07 bits per heavy atom. The van der Waals surface area contributed by atoms with Crippen LogP contribution in [0.25, 0.3) is 10.2 Å². The number of carbonyl (C=O) groups is 1. The van der Waals surface area contributed by atoms with Gasteiger partial charge in [-0.3, -0.25) is 9.59 Å². The summed E-state index contributed by atoms with van der Waals surface area (Å²) >= 11 is 1.54. The number of aromatic nitrogens is 3. The number of carbonyl (C=O) groups excluding carboxylic acids is 1. The fourth-order valence-corrected chi connectivity index (χ4v) is 4.63. The summed E-state index contributed by atoms with van der Waals surface area (Å²) in [5.74, 6) is 0.696. The number of aryl methyl sites for hydroxylation is 2. The van der Waals surface area contributed by atoms with E-state index >= 15 is 0 Å². The third-order valence-electron chi connectivity index (χ3n) is 4.82. The van der Waals surface area contributed by atoms with E-state index in [2.05, 4.69) is 15.6 Å². The van der Waals surface area contributed by atoms with Gasteiger partial charge < -0.3 is 14.8 Å². The predicted molar refractivity (Wildman–Crippen MR) is 106 cm³/mol. The van der Waals surface area contributed by atoms with Crippen LogP contribution in [0.1, 0.15) is 23.3 Å². The van der Waals surface area contributed by atoms with Crippen molar-refractivity contribution >= 4 is 33.1 Å². The number of ether oxygens (including phenoxy) is 2. The minimum atomic E-state index is -0.386. The van der Waals surface area contributed by atoms with Gasteiger partial charge in [-0.25, -0.2) is 4.68 Å². The van der Waals surface area contributed by atoms with Gasteiger partial charge in [0.05, 0.1) is 25.3 Å². The predicted octanol–water partition coefficient (Wildman–Crippen LogP) is 2.39. The molecule has 1 aromatic carbocycles. The molecule has 0 spiro atoms. The highest BCUT2D eigenvalue weighted by molar-refractivity contribution is 7.18. The largest absolute Gasteiger partial charge is 0.497 e. The Kier molecular flexibility index (Phi) is 4.99. The first-order valence-corrected chi connectivity index (χ1v) is 9.82. The van der Waals surface area contributed by atoms with E-state index in [9.17, 15) is 9.59 Å². The zero-order chi connectivity index (χ0) is 19.7. The number of hydrogen-bond donors (Lipinski definition) is 1. The SMILES string of the molecule is COc1ccc(NC(=O)Cn2nnc3sc4c(c3c2=O)CCCC4)c(OC)c1. The topological polar surface area (TPSA) is 95.3 Å². The van der Waals surface area contributed by atoms with Gasteiger partial charge in [-0.15, -0.1) is 16.4 Å². The van der Waals surface area contributed by atoms with E-state index in [-0.39, 0.29) is 18.0 Å². The second-order valence-electron chi connectivity index (χ2n) is 6.56. The standard InChI is InChI=1S/C19H20N4O4S/c1-26-11-7-8-13(14(9-11)27-2)20-16(24)10-23-19(25)17-12-5-3-4-6-15(12)28-18(17)21-22-23/h7-9H,3-6,10H2,1-2H3,(H,20,24). The molecule has 1 aliphatic rings. The maximum atomic E-state index is 12.9. The van der Waals surface area contributed by atoms with Gasteiger partial charge in [0, 0.05) is 10.9 Å². The van der Waals surface area contributed by atoms with Crippen molar-refractivity contribution < 1.29 is 14.3 Å². The van der Waals surface area contributed by atoms with Crippen LogP contribution in [-0.4, -0.2) is 35.1 Å². The van der Waals surface area contributed by atoms with E-state index in [0.717, 1.165) is 35.9 Å². The summed E-state index contributed by atoms with van der Waals surface area (Å²) in [6.07, 6.45) is 4.06. The molecule has 0 saturated carbocycles. The Balaban J connectivity index is 1.59. The molecule has 4 rings (SSSR count). The minimum absolute atomic E-state index is 0.221. The summed E-state index contributed by atoms with van der Waals surface area (Å²) in [7, 11) is 3.06. The molecule has 1 aliphatic carbocycles. The van der Waals surface area contributed by atoms with Gasteiger partial charge in [-0.05, 0) is 43.4 Å². The maximum Gasteiger partial charge on any atom is 0.279 e. The third kappa shape index (κ3) is 3.33. The number of methoxy groups -OCH3 is 2. The molecule has 0 saturated heterocycles. The van der Waals surface area contributed by atoms with Crippen molar-refractivity contribution in [1.29, 1.82) is 0 Å². The molecule has 2 heterocycles. The van der Waals surface area contributed by atoms with Crippen LogP contribution in [0.2, 0.25) is 0 Å². The normalized spacial score (nSPS) is 13.2. The molecule has 8 nitrogen and oxygen atoms in total. The van der Waals surface area contributed by atoms with Crippen molar-refractivity contribution in [3.8, 4) is 11.5 Å². The lowest BCUT2D eigenvalue weighted by atomic mass is 9.97. The van der Waals surface area contributed by atoms with E-state index in [1.54, 1.807) is 25.3 Å². The molecule has 0 aliphatic heterocycles. The fraction of sp³-hybridized carbons (Fsp3) is 0.368. The lowest BCUT2D eigenvalue weighted by molar-refractivity contribution is -0.117. The van der Waals surface area contributed by atoms with Gasteiger partial charge in [-0.2, -0.15) is 0 Å². The molecule has 0 radical (unpaired) electrons. The van der Waals surface area contributed by atoms with E-state index in [1.807, 2.05) is 0 Å². The molecule has 146 valence electrons. The molecule has 1 amide bonds. The Hall–Kier alpha value is -2.94. The first-order chi connectivity index (χ1) is 13.6. The van der Waals surface area contributed by atoms with Crippen LogP contribution in [0.4, 0.5) is 5.69 Å². The van der Waals surface area contributed by atoms with Crippen molar-refractivity contribution in [2.75, 3.05) is 19.5 Å². The molecule has 9 heteroatoms. The zero-order valence-electron chi connectivity index (χ0n) is 15.7. The number of benzene rings is 1. The molecular weight excluding hydrogens is 380 g/mol. The monoisotopic (exact) mass is 400 g/mol. The molecule has 3 aromatic rings. The molecule has 28 heavy (non-hydrogen) atoms. The van der Waals surface area contributed by atoms with Crippen LogP contribution in [-0.2, 0) is 24.2 Å². The van der Waals surface area contributed by atoms with Crippen molar-refractivity contribution in [1.82, 2.24) is 15.0 Å². The molecule has 0 unspecified atom stereocenters. The van der Waals surface area contributed by atoms with Crippen molar-refractivity contribution in [3.63, 3.8) is 0 Å². The van der Waals surface area contributed by atoms with Gasteiger partial charge in [0.2, 0.25) is 5.91 Å². The number of hydrogen-bond acceptors (Lipinski definition) is 7. The quantitative estimate of drug-likeness (QED) is 0.707. The van der Waals surface area contributed by atoms with Gasteiger partial charge in [0.1, 0.15) is 18.0 Å².